The zero-order valence-electron chi connectivity index (χ0n) is 22.6. The molecule has 3 amide bonds. The lowest BCUT2D eigenvalue weighted by atomic mass is 10.1. The first kappa shape index (κ1) is 28.4. The molecule has 204 valence electrons. The second-order valence-corrected chi connectivity index (χ2v) is 10.5. The summed E-state index contributed by atoms with van der Waals surface area (Å²) in [5, 5.41) is 8.23. The minimum atomic E-state index is -0.512. The van der Waals surface area contributed by atoms with E-state index in [9.17, 15) is 14.4 Å². The largest absolute Gasteiger partial charge is 0.465 e. The average Bonchev–Trinajstić information content (AvgIpc) is 3.44. The summed E-state index contributed by atoms with van der Waals surface area (Å²) in [7, 11) is 0. The molecule has 4 rings (SSSR count). The van der Waals surface area contributed by atoms with Gasteiger partial charge < -0.3 is 20.4 Å². The van der Waals surface area contributed by atoms with Crippen LogP contribution in [0.5, 0.6) is 0 Å². The first-order valence-corrected chi connectivity index (χ1v) is 13.8. The number of aryl methyl sites for hydroxylation is 2. The van der Waals surface area contributed by atoms with Crippen molar-refractivity contribution in [1.82, 2.24) is 5.32 Å². The molecule has 0 radical (unpaired) electrons. The average molecular weight is 554 g/mol. The van der Waals surface area contributed by atoms with Gasteiger partial charge in [-0.25, -0.2) is 0 Å². The molecule has 3 aromatic carbocycles. The summed E-state index contributed by atoms with van der Waals surface area (Å²) in [6, 6.07) is 25.2. The fourth-order valence-corrected chi connectivity index (χ4v) is 5.07. The highest BCUT2D eigenvalue weighted by Gasteiger charge is 2.20. The summed E-state index contributed by atoms with van der Waals surface area (Å²) >= 11 is 1.42. The Morgan fingerprint density at radius 1 is 0.850 bits per heavy atom. The molecule has 1 atom stereocenters. The standard InChI is InChI=1S/C32H31N3O4S/c1-4-29(32(38)34-25-17-21(2)16-22(3)18-25)40-27-14-8-12-24(19-27)33-31(37)28(20-26-13-9-15-39-26)35-30(36)23-10-6-5-7-11-23/h5-20,29H,4H2,1-3H3,(H,33,37)(H,34,38)(H,35,36)/b28-20-. The highest BCUT2D eigenvalue weighted by atomic mass is 32.2. The second kappa shape index (κ2) is 13.5. The van der Waals surface area contributed by atoms with Gasteiger partial charge in [0, 0.05) is 27.9 Å². The lowest BCUT2D eigenvalue weighted by Crippen LogP contribution is -2.30. The molecule has 0 saturated carbocycles. The number of carbonyl (C=O) groups is 3. The van der Waals surface area contributed by atoms with E-state index in [1.807, 2.05) is 51.1 Å². The van der Waals surface area contributed by atoms with E-state index >= 15 is 0 Å². The normalized spacial score (nSPS) is 11.9. The number of anilines is 2. The van der Waals surface area contributed by atoms with Crippen molar-refractivity contribution in [3.8, 4) is 0 Å². The van der Waals surface area contributed by atoms with E-state index in [1.165, 1.54) is 24.1 Å². The summed E-state index contributed by atoms with van der Waals surface area (Å²) in [5.74, 6) is -0.594. The molecule has 7 nitrogen and oxygen atoms in total. The topological polar surface area (TPSA) is 100 Å². The van der Waals surface area contributed by atoms with E-state index < -0.39 is 11.8 Å². The maximum Gasteiger partial charge on any atom is 0.272 e. The quantitative estimate of drug-likeness (QED) is 0.148. The Hall–Kier alpha value is -4.56. The van der Waals surface area contributed by atoms with Gasteiger partial charge in [0.15, 0.2) is 0 Å². The van der Waals surface area contributed by atoms with Gasteiger partial charge in [-0.15, -0.1) is 11.8 Å². The lowest BCUT2D eigenvalue weighted by Gasteiger charge is -2.16. The second-order valence-electron chi connectivity index (χ2n) is 9.26. The third kappa shape index (κ3) is 7.97. The van der Waals surface area contributed by atoms with Crippen molar-refractivity contribution in [3.05, 3.63) is 119 Å². The van der Waals surface area contributed by atoms with E-state index in [-0.39, 0.29) is 16.9 Å². The Labute approximate surface area is 238 Å². The van der Waals surface area contributed by atoms with Crippen LogP contribution >= 0.6 is 11.8 Å². The van der Waals surface area contributed by atoms with Crippen LogP contribution in [0.15, 0.2) is 106 Å². The van der Waals surface area contributed by atoms with Crippen LogP contribution in [-0.2, 0) is 9.59 Å². The minimum Gasteiger partial charge on any atom is -0.465 e. The van der Waals surface area contributed by atoms with Crippen molar-refractivity contribution in [1.29, 1.82) is 0 Å². The van der Waals surface area contributed by atoms with E-state index in [4.69, 9.17) is 4.42 Å². The van der Waals surface area contributed by atoms with Crippen LogP contribution in [0.4, 0.5) is 11.4 Å². The number of hydrogen-bond acceptors (Lipinski definition) is 5. The number of rotatable bonds is 10. The summed E-state index contributed by atoms with van der Waals surface area (Å²) in [6.45, 7) is 5.96. The van der Waals surface area contributed by atoms with E-state index in [2.05, 4.69) is 22.0 Å². The maximum atomic E-state index is 13.3. The van der Waals surface area contributed by atoms with Crippen LogP contribution in [0, 0.1) is 13.8 Å². The van der Waals surface area contributed by atoms with Gasteiger partial charge in [0.25, 0.3) is 11.8 Å². The van der Waals surface area contributed by atoms with Gasteiger partial charge in [-0.2, -0.15) is 0 Å². The first-order valence-electron chi connectivity index (χ1n) is 12.9. The monoisotopic (exact) mass is 553 g/mol. The molecule has 3 N–H and O–H groups in total. The SMILES string of the molecule is CCC(Sc1cccc(NC(=O)/C(=C/c2ccco2)NC(=O)c2ccccc2)c1)C(=O)Nc1cc(C)cc(C)c1. The fraction of sp³-hybridized carbons (Fsp3) is 0.156. The molecule has 0 bridgehead atoms. The van der Waals surface area contributed by atoms with Crippen LogP contribution in [0.3, 0.4) is 0 Å². The van der Waals surface area contributed by atoms with Gasteiger partial charge in [-0.05, 0) is 86.0 Å². The Morgan fingerprint density at radius 2 is 1.60 bits per heavy atom. The van der Waals surface area contributed by atoms with Crippen molar-refractivity contribution >= 4 is 46.9 Å². The van der Waals surface area contributed by atoms with E-state index in [1.54, 1.807) is 48.5 Å². The highest BCUT2D eigenvalue weighted by molar-refractivity contribution is 8.00. The van der Waals surface area contributed by atoms with Gasteiger partial charge in [0.05, 0.1) is 11.5 Å². The van der Waals surface area contributed by atoms with Crippen LogP contribution < -0.4 is 16.0 Å². The van der Waals surface area contributed by atoms with E-state index in [0.29, 0.717) is 23.4 Å². The Bertz CT molecular complexity index is 1490. The lowest BCUT2D eigenvalue weighted by molar-refractivity contribution is -0.116. The summed E-state index contributed by atoms with van der Waals surface area (Å²) in [4.78, 5) is 39.9. The van der Waals surface area contributed by atoms with Crippen LogP contribution in [0.2, 0.25) is 0 Å². The predicted molar refractivity (Wildman–Crippen MR) is 160 cm³/mol. The van der Waals surface area contributed by atoms with E-state index in [0.717, 1.165) is 21.7 Å². The van der Waals surface area contributed by atoms with Gasteiger partial charge >= 0.3 is 0 Å². The smallest absolute Gasteiger partial charge is 0.272 e. The number of furan rings is 1. The number of thioether (sulfide) groups is 1. The van der Waals surface area contributed by atoms with Gasteiger partial charge in [0.2, 0.25) is 5.91 Å². The molecule has 4 aromatic rings. The summed E-state index contributed by atoms with van der Waals surface area (Å²) in [5.41, 5.74) is 3.92. The summed E-state index contributed by atoms with van der Waals surface area (Å²) < 4.78 is 5.36. The molecule has 0 aliphatic rings. The molecule has 40 heavy (non-hydrogen) atoms. The summed E-state index contributed by atoms with van der Waals surface area (Å²) in [6.07, 6.45) is 3.58. The number of hydrogen-bond donors (Lipinski definition) is 3. The molecular weight excluding hydrogens is 522 g/mol. The Kier molecular flexibility index (Phi) is 9.59. The highest BCUT2D eigenvalue weighted by Crippen LogP contribution is 2.29. The number of nitrogens with one attached hydrogen (secondary N) is 3. The molecule has 1 unspecified atom stereocenters. The van der Waals surface area contributed by atoms with Gasteiger partial charge in [0.1, 0.15) is 11.5 Å². The van der Waals surface area contributed by atoms with Gasteiger partial charge in [-0.3, -0.25) is 14.4 Å². The van der Waals surface area contributed by atoms with Gasteiger partial charge in [-0.1, -0.05) is 37.3 Å². The maximum absolute atomic E-state index is 13.3. The van der Waals surface area contributed by atoms with Crippen molar-refractivity contribution in [2.45, 2.75) is 37.3 Å². The molecule has 8 heteroatoms. The van der Waals surface area contributed by atoms with Crippen molar-refractivity contribution in [3.63, 3.8) is 0 Å². The molecule has 0 saturated heterocycles. The molecule has 1 aromatic heterocycles. The molecule has 0 aliphatic heterocycles. The third-order valence-electron chi connectivity index (χ3n) is 5.88. The first-order chi connectivity index (χ1) is 19.3. The van der Waals surface area contributed by atoms with Crippen molar-refractivity contribution < 1.29 is 18.8 Å². The zero-order chi connectivity index (χ0) is 28.5. The molecule has 0 aliphatic carbocycles. The Morgan fingerprint density at radius 3 is 2.27 bits per heavy atom. The van der Waals surface area contributed by atoms with Crippen LogP contribution in [-0.4, -0.2) is 23.0 Å². The third-order valence-corrected chi connectivity index (χ3v) is 7.24. The minimum absolute atomic E-state index is 0.0288. The van der Waals surface area contributed by atoms with Crippen LogP contribution in [0.1, 0.15) is 40.6 Å². The number of benzene rings is 3. The molecule has 0 fully saturated rings. The number of carbonyl (C=O) groups excluding carboxylic acids is 3. The van der Waals surface area contributed by atoms with Crippen LogP contribution in [0.25, 0.3) is 6.08 Å². The number of amides is 3. The van der Waals surface area contributed by atoms with Crippen molar-refractivity contribution in [2.24, 2.45) is 0 Å². The van der Waals surface area contributed by atoms with Crippen molar-refractivity contribution in [2.75, 3.05) is 10.6 Å². The predicted octanol–water partition coefficient (Wildman–Crippen LogP) is 6.82. The molecule has 1 heterocycles. The molecular formula is C32H31N3O4S. The zero-order valence-corrected chi connectivity index (χ0v) is 23.4. The Balaban J connectivity index is 1.47. The fourth-order valence-electron chi connectivity index (χ4n) is 4.06. The molecule has 0 spiro atoms.